The topological polar surface area (TPSA) is 92.8 Å². The summed E-state index contributed by atoms with van der Waals surface area (Å²) in [5.74, 6) is -0.904. The van der Waals surface area contributed by atoms with Gasteiger partial charge < -0.3 is 10.1 Å². The average Bonchev–Trinajstić information content (AvgIpc) is 2.72. The Morgan fingerprint density at radius 1 is 1.35 bits per heavy atom. The van der Waals surface area contributed by atoms with Gasteiger partial charge in [-0.15, -0.1) is 0 Å². The summed E-state index contributed by atoms with van der Waals surface area (Å²) in [5, 5.41) is 2.44. The van der Waals surface area contributed by atoms with Gasteiger partial charge in [-0.3, -0.25) is 9.69 Å². The van der Waals surface area contributed by atoms with Crippen LogP contribution in [0.15, 0.2) is 18.2 Å². The first-order chi connectivity index (χ1) is 10.7. The smallest absolute Gasteiger partial charge is 0.325 e. The third kappa shape index (κ3) is 4.19. The van der Waals surface area contributed by atoms with Crippen LogP contribution in [0.3, 0.4) is 0 Å². The Balaban J connectivity index is 2.13. The number of benzene rings is 1. The molecule has 1 aliphatic heterocycles. The Bertz CT molecular complexity index is 735. The van der Waals surface area contributed by atoms with Crippen molar-refractivity contribution in [2.75, 3.05) is 19.1 Å². The number of amides is 3. The van der Waals surface area contributed by atoms with Crippen LogP contribution in [-0.4, -0.2) is 50.4 Å². The lowest BCUT2D eigenvalue weighted by Crippen LogP contribution is -2.32. The van der Waals surface area contributed by atoms with E-state index in [-0.39, 0.29) is 18.7 Å². The van der Waals surface area contributed by atoms with Crippen LogP contribution in [0, 0.1) is 5.82 Å². The van der Waals surface area contributed by atoms with Crippen molar-refractivity contribution in [1.82, 2.24) is 10.2 Å². The van der Waals surface area contributed by atoms with Gasteiger partial charge in [-0.2, -0.15) is 0 Å². The lowest BCUT2D eigenvalue weighted by Gasteiger charge is -2.15. The molecule has 126 valence electrons. The van der Waals surface area contributed by atoms with Crippen molar-refractivity contribution in [2.24, 2.45) is 0 Å². The Kier molecular flexibility index (Phi) is 4.88. The number of rotatable bonds is 6. The summed E-state index contributed by atoms with van der Waals surface area (Å²) in [7, 11) is -1.84. The summed E-state index contributed by atoms with van der Waals surface area (Å²) in [5.41, 5.74) is 0.347. The molecule has 0 unspecified atom stereocenters. The number of nitrogens with zero attached hydrogens (tertiary/aromatic N) is 1. The molecule has 9 heteroatoms. The van der Waals surface area contributed by atoms with Gasteiger partial charge in [0.15, 0.2) is 0 Å². The maximum Gasteiger partial charge on any atom is 0.325 e. The molecule has 0 bridgehead atoms. The van der Waals surface area contributed by atoms with Gasteiger partial charge in [-0.1, -0.05) is 0 Å². The predicted octanol–water partition coefficient (Wildman–Crippen LogP) is 0.689. The minimum absolute atomic E-state index is 0.000191. The summed E-state index contributed by atoms with van der Waals surface area (Å²) >= 11 is 0. The van der Waals surface area contributed by atoms with Gasteiger partial charge in [0.2, 0.25) is 0 Å². The van der Waals surface area contributed by atoms with Crippen molar-refractivity contribution in [3.8, 4) is 5.75 Å². The van der Waals surface area contributed by atoms with Crippen molar-refractivity contribution in [2.45, 2.75) is 19.0 Å². The van der Waals surface area contributed by atoms with Gasteiger partial charge in [0.1, 0.15) is 27.4 Å². The second-order valence-corrected chi connectivity index (χ2v) is 7.56. The van der Waals surface area contributed by atoms with E-state index in [1.54, 1.807) is 0 Å². The number of hydrogen-bond donors (Lipinski definition) is 1. The fourth-order valence-electron chi connectivity index (χ4n) is 2.30. The molecule has 1 aliphatic rings. The molecule has 0 aromatic heterocycles. The predicted molar refractivity (Wildman–Crippen MR) is 80.1 cm³/mol. The number of imide groups is 1. The molecule has 1 N–H and O–H groups in total. The van der Waals surface area contributed by atoms with Gasteiger partial charge in [0.05, 0.1) is 19.4 Å². The Hall–Kier alpha value is -2.16. The standard InChI is InChI=1S/C14H17FN2O5S/c1-22-12-4-3-10(15)7-9(12)8-17-13(18)11(16-14(17)19)5-6-23(2,20)21/h3-4,7,11H,5-6,8H2,1-2H3,(H,16,19)/t11-/m1/s1. The van der Waals surface area contributed by atoms with Crippen molar-refractivity contribution >= 4 is 21.8 Å². The van der Waals surface area contributed by atoms with Crippen molar-refractivity contribution in [3.63, 3.8) is 0 Å². The molecular weight excluding hydrogens is 327 g/mol. The highest BCUT2D eigenvalue weighted by atomic mass is 32.2. The second-order valence-electron chi connectivity index (χ2n) is 5.30. The van der Waals surface area contributed by atoms with Gasteiger partial charge in [-0.25, -0.2) is 17.6 Å². The van der Waals surface area contributed by atoms with Crippen LogP contribution in [0.25, 0.3) is 0 Å². The normalized spacial score (nSPS) is 18.2. The molecule has 1 saturated heterocycles. The zero-order valence-corrected chi connectivity index (χ0v) is 13.5. The zero-order valence-electron chi connectivity index (χ0n) is 12.7. The average molecular weight is 344 g/mol. The van der Waals surface area contributed by atoms with E-state index >= 15 is 0 Å². The molecule has 23 heavy (non-hydrogen) atoms. The number of methoxy groups -OCH3 is 1. The van der Waals surface area contributed by atoms with Crippen LogP contribution in [0.1, 0.15) is 12.0 Å². The minimum atomic E-state index is -3.24. The summed E-state index contributed by atoms with van der Waals surface area (Å²) in [4.78, 5) is 25.1. The van der Waals surface area contributed by atoms with Crippen LogP contribution in [-0.2, 0) is 21.2 Å². The molecule has 1 atom stereocenters. The fourth-order valence-corrected chi connectivity index (χ4v) is 2.96. The van der Waals surface area contributed by atoms with E-state index in [2.05, 4.69) is 5.32 Å². The van der Waals surface area contributed by atoms with Gasteiger partial charge in [0.25, 0.3) is 5.91 Å². The van der Waals surface area contributed by atoms with Crippen LogP contribution >= 0.6 is 0 Å². The number of nitrogens with one attached hydrogen (secondary N) is 1. The van der Waals surface area contributed by atoms with Crippen LogP contribution in [0.4, 0.5) is 9.18 Å². The lowest BCUT2D eigenvalue weighted by molar-refractivity contribution is -0.127. The number of carbonyl (C=O) groups is 2. The molecule has 0 radical (unpaired) electrons. The SMILES string of the molecule is COc1ccc(F)cc1CN1C(=O)N[C@H](CCS(C)(=O)=O)C1=O. The number of halogens is 1. The number of sulfone groups is 1. The summed E-state index contributed by atoms with van der Waals surface area (Å²) in [6, 6.07) is 2.27. The largest absolute Gasteiger partial charge is 0.496 e. The molecule has 1 heterocycles. The molecular formula is C14H17FN2O5S. The van der Waals surface area contributed by atoms with Crippen molar-refractivity contribution in [3.05, 3.63) is 29.6 Å². The first-order valence-corrected chi connectivity index (χ1v) is 8.89. The number of urea groups is 1. The lowest BCUT2D eigenvalue weighted by atomic mass is 10.1. The summed E-state index contributed by atoms with van der Waals surface area (Å²) in [6.07, 6.45) is 1.06. The molecule has 7 nitrogen and oxygen atoms in total. The third-order valence-corrected chi connectivity index (χ3v) is 4.43. The van der Waals surface area contributed by atoms with Gasteiger partial charge in [-0.05, 0) is 24.6 Å². The minimum Gasteiger partial charge on any atom is -0.496 e. The highest BCUT2D eigenvalue weighted by Gasteiger charge is 2.38. The summed E-state index contributed by atoms with van der Waals surface area (Å²) < 4.78 is 40.8. The molecule has 0 aliphatic carbocycles. The van der Waals surface area contributed by atoms with Crippen molar-refractivity contribution < 1.29 is 27.1 Å². The van der Waals surface area contributed by atoms with E-state index in [9.17, 15) is 22.4 Å². The first-order valence-electron chi connectivity index (χ1n) is 6.83. The Morgan fingerprint density at radius 3 is 2.65 bits per heavy atom. The molecule has 0 saturated carbocycles. The molecule has 0 spiro atoms. The van der Waals surface area contributed by atoms with Gasteiger partial charge >= 0.3 is 6.03 Å². The van der Waals surface area contributed by atoms with E-state index < -0.39 is 33.6 Å². The maximum absolute atomic E-state index is 13.4. The number of hydrogen-bond acceptors (Lipinski definition) is 5. The summed E-state index contributed by atoms with van der Waals surface area (Å²) in [6.45, 7) is -0.152. The van der Waals surface area contributed by atoms with Crippen LogP contribution < -0.4 is 10.1 Å². The van der Waals surface area contributed by atoms with E-state index in [1.807, 2.05) is 0 Å². The van der Waals surface area contributed by atoms with Gasteiger partial charge in [0, 0.05) is 11.8 Å². The molecule has 1 fully saturated rings. The quantitative estimate of drug-likeness (QED) is 0.767. The van der Waals surface area contributed by atoms with E-state index in [4.69, 9.17) is 4.74 Å². The zero-order chi connectivity index (χ0) is 17.2. The fraction of sp³-hybridized carbons (Fsp3) is 0.429. The Labute approximate surface area is 133 Å². The maximum atomic E-state index is 13.4. The van der Waals surface area contributed by atoms with Crippen LogP contribution in [0.2, 0.25) is 0 Å². The Morgan fingerprint density at radius 2 is 2.04 bits per heavy atom. The number of carbonyl (C=O) groups excluding carboxylic acids is 2. The van der Waals surface area contributed by atoms with Crippen LogP contribution in [0.5, 0.6) is 5.75 Å². The molecule has 1 aromatic rings. The van der Waals surface area contributed by atoms with Crippen molar-refractivity contribution in [1.29, 1.82) is 0 Å². The second kappa shape index (κ2) is 6.53. The number of ether oxygens (including phenoxy) is 1. The monoisotopic (exact) mass is 344 g/mol. The third-order valence-electron chi connectivity index (χ3n) is 3.46. The highest BCUT2D eigenvalue weighted by molar-refractivity contribution is 7.90. The van der Waals surface area contributed by atoms with E-state index in [0.29, 0.717) is 11.3 Å². The van der Waals surface area contributed by atoms with E-state index in [0.717, 1.165) is 11.2 Å². The molecule has 1 aromatic carbocycles. The van der Waals surface area contributed by atoms with E-state index in [1.165, 1.54) is 25.3 Å². The molecule has 2 rings (SSSR count). The first kappa shape index (κ1) is 17.2. The highest BCUT2D eigenvalue weighted by Crippen LogP contribution is 2.23. The molecule has 3 amide bonds.